The monoisotopic (exact) mass is 248 g/mol. The molecular weight excluding hydrogens is 235 g/mol. The summed E-state index contributed by atoms with van der Waals surface area (Å²) in [4.78, 5) is 0. The van der Waals surface area contributed by atoms with Crippen LogP contribution in [0.3, 0.4) is 0 Å². The largest absolute Gasteiger partial charge is 0.539 e. The van der Waals surface area contributed by atoms with Crippen LogP contribution in [0.25, 0.3) is 22.4 Å². The molecule has 2 nitrogen and oxygen atoms in total. The van der Waals surface area contributed by atoms with Gasteiger partial charge in [-0.15, -0.1) is 0 Å². The van der Waals surface area contributed by atoms with Gasteiger partial charge in [-0.2, -0.15) is 0 Å². The molecule has 0 bridgehead atoms. The van der Waals surface area contributed by atoms with Crippen LogP contribution in [-0.2, 0) is 6.42 Å². The van der Waals surface area contributed by atoms with Crippen LogP contribution < -0.4 is 4.65 Å². The third-order valence-corrected chi connectivity index (χ3v) is 4.01. The van der Waals surface area contributed by atoms with Gasteiger partial charge in [-0.3, -0.25) is 0 Å². The smallest absolute Gasteiger partial charge is 0.504 e. The van der Waals surface area contributed by atoms with Crippen LogP contribution >= 0.6 is 0 Å². The lowest BCUT2D eigenvalue weighted by Gasteiger charge is -2.24. The Morgan fingerprint density at radius 2 is 2.00 bits per heavy atom. The second-order valence-electron chi connectivity index (χ2n) is 4.98. The molecule has 0 amide bonds. The average molecular weight is 248 g/mol. The van der Waals surface area contributed by atoms with Crippen molar-refractivity contribution in [3.8, 4) is 5.75 Å². The van der Waals surface area contributed by atoms with E-state index in [0.29, 0.717) is 0 Å². The highest BCUT2D eigenvalue weighted by molar-refractivity contribution is 6.17. The quantitative estimate of drug-likeness (QED) is 0.828. The van der Waals surface area contributed by atoms with E-state index in [1.165, 1.54) is 33.0 Å². The van der Waals surface area contributed by atoms with Gasteiger partial charge < -0.3 is 9.68 Å². The summed E-state index contributed by atoms with van der Waals surface area (Å²) in [7, 11) is -0.274. The maximum Gasteiger partial charge on any atom is 0.504 e. The molecular formula is C16H13BO2. The van der Waals surface area contributed by atoms with Gasteiger partial charge in [0.25, 0.3) is 0 Å². The van der Waals surface area contributed by atoms with Crippen molar-refractivity contribution in [1.82, 2.24) is 0 Å². The number of hydrogen-bond acceptors (Lipinski definition) is 2. The molecule has 92 valence electrons. The maximum absolute atomic E-state index is 9.01. The summed E-state index contributed by atoms with van der Waals surface area (Å²) in [5.74, 6) is 0.799. The number of allylic oxidation sites excluding steroid dienone is 3. The highest BCUT2D eigenvalue weighted by atomic mass is 16.5. The minimum absolute atomic E-state index is 0.274. The fourth-order valence-corrected chi connectivity index (χ4v) is 3.21. The van der Waals surface area contributed by atoms with Crippen molar-refractivity contribution in [2.45, 2.75) is 12.8 Å². The van der Waals surface area contributed by atoms with Crippen molar-refractivity contribution >= 4 is 30.1 Å². The molecule has 0 aromatic heterocycles. The lowest BCUT2D eigenvalue weighted by atomic mass is 9.81. The van der Waals surface area contributed by atoms with Crippen LogP contribution in [0, 0.1) is 0 Å². The summed E-state index contributed by atoms with van der Waals surface area (Å²) in [6.45, 7) is 0. The Hall–Kier alpha value is -2.00. The van der Waals surface area contributed by atoms with E-state index in [2.05, 4.69) is 36.4 Å². The Balaban J connectivity index is 2.11. The molecule has 0 saturated carbocycles. The van der Waals surface area contributed by atoms with Gasteiger partial charge in [0, 0.05) is 5.56 Å². The lowest BCUT2D eigenvalue weighted by molar-refractivity contribution is 0.451. The average Bonchev–Trinajstić information content (AvgIpc) is 2.46. The summed E-state index contributed by atoms with van der Waals surface area (Å²) in [6, 6.07) is 8.38. The molecule has 1 N–H and O–H groups in total. The number of benzene rings is 2. The van der Waals surface area contributed by atoms with E-state index < -0.39 is 0 Å². The molecule has 0 unspecified atom stereocenters. The van der Waals surface area contributed by atoms with Crippen molar-refractivity contribution < 1.29 is 9.68 Å². The van der Waals surface area contributed by atoms with Gasteiger partial charge in [-0.05, 0) is 46.4 Å². The molecule has 0 radical (unpaired) electrons. The van der Waals surface area contributed by atoms with Crippen molar-refractivity contribution in [2.24, 2.45) is 0 Å². The van der Waals surface area contributed by atoms with E-state index in [-0.39, 0.29) is 7.69 Å². The molecule has 0 saturated heterocycles. The Bertz CT molecular complexity index is 744. The molecule has 2 aliphatic rings. The van der Waals surface area contributed by atoms with E-state index in [4.69, 9.17) is 9.68 Å². The zero-order valence-corrected chi connectivity index (χ0v) is 10.5. The second kappa shape index (κ2) is 4.00. The molecule has 0 atom stereocenters. The molecule has 0 spiro atoms. The maximum atomic E-state index is 9.01. The van der Waals surface area contributed by atoms with Crippen molar-refractivity contribution in [1.29, 1.82) is 0 Å². The minimum atomic E-state index is -0.274. The zero-order chi connectivity index (χ0) is 12.8. The summed E-state index contributed by atoms with van der Waals surface area (Å²) in [5.41, 5.74) is 5.25. The molecule has 3 heteroatoms. The molecule has 2 aromatic rings. The van der Waals surface area contributed by atoms with Gasteiger partial charge in [-0.25, -0.2) is 0 Å². The van der Waals surface area contributed by atoms with E-state index in [1.807, 2.05) is 6.07 Å². The lowest BCUT2D eigenvalue weighted by Crippen LogP contribution is -2.07. The predicted octanol–water partition coefficient (Wildman–Crippen LogP) is 2.83. The van der Waals surface area contributed by atoms with Crippen LogP contribution in [-0.4, -0.2) is 12.7 Å². The van der Waals surface area contributed by atoms with Gasteiger partial charge in [0.2, 0.25) is 0 Å². The molecule has 2 aliphatic carbocycles. The molecule has 19 heavy (non-hydrogen) atoms. The van der Waals surface area contributed by atoms with Gasteiger partial charge in [0.1, 0.15) is 5.75 Å². The summed E-state index contributed by atoms with van der Waals surface area (Å²) < 4.78 is 5.36. The van der Waals surface area contributed by atoms with Gasteiger partial charge in [0.05, 0.1) is 0 Å². The molecule has 4 rings (SSSR count). The molecule has 0 heterocycles. The Morgan fingerprint density at radius 3 is 2.89 bits per heavy atom. The Labute approximate surface area is 112 Å². The van der Waals surface area contributed by atoms with E-state index >= 15 is 0 Å². The molecule has 2 aromatic carbocycles. The number of rotatable bonds is 2. The fourth-order valence-electron chi connectivity index (χ4n) is 3.21. The van der Waals surface area contributed by atoms with Crippen molar-refractivity contribution in [2.75, 3.05) is 0 Å². The summed E-state index contributed by atoms with van der Waals surface area (Å²) in [5, 5.41) is 11.6. The van der Waals surface area contributed by atoms with Crippen molar-refractivity contribution in [3.63, 3.8) is 0 Å². The first-order chi connectivity index (χ1) is 9.38. The third kappa shape index (κ3) is 1.48. The predicted molar refractivity (Wildman–Crippen MR) is 79.3 cm³/mol. The Kier molecular flexibility index (Phi) is 2.29. The first-order valence-electron chi connectivity index (χ1n) is 6.56. The van der Waals surface area contributed by atoms with Gasteiger partial charge >= 0.3 is 7.69 Å². The summed E-state index contributed by atoms with van der Waals surface area (Å²) >= 11 is 0. The second-order valence-corrected chi connectivity index (χ2v) is 4.98. The van der Waals surface area contributed by atoms with E-state index in [9.17, 15) is 0 Å². The molecule has 0 aliphatic heterocycles. The minimum Gasteiger partial charge on any atom is -0.539 e. The normalized spacial score (nSPS) is 15.3. The first kappa shape index (κ1) is 10.9. The Morgan fingerprint density at radius 1 is 1.11 bits per heavy atom. The fraction of sp³-hybridized carbons (Fsp3) is 0.125. The standard InChI is InChI=1S/C16H13BO2/c18-17-19-14-9-7-12-5-4-10-2-1-3-11-6-8-13(14)16(12)15(10)11/h1-2,4-7,9,17-18H,3,8H2. The van der Waals surface area contributed by atoms with E-state index in [1.54, 1.807) is 0 Å². The first-order valence-corrected chi connectivity index (χ1v) is 6.56. The van der Waals surface area contributed by atoms with Gasteiger partial charge in [-0.1, -0.05) is 36.4 Å². The highest BCUT2D eigenvalue weighted by Gasteiger charge is 2.21. The SMILES string of the molecule is OBOc1ccc2ccc3c4c2c1CC=C4CC=C3. The molecule has 0 fully saturated rings. The zero-order valence-electron chi connectivity index (χ0n) is 10.5. The topological polar surface area (TPSA) is 29.5 Å². The van der Waals surface area contributed by atoms with Crippen molar-refractivity contribution in [3.05, 3.63) is 53.1 Å². The summed E-state index contributed by atoms with van der Waals surface area (Å²) in [6.07, 6.45) is 8.59. The number of hydrogen-bond donors (Lipinski definition) is 1. The van der Waals surface area contributed by atoms with Crippen LogP contribution in [0.15, 0.2) is 36.4 Å². The van der Waals surface area contributed by atoms with Crippen LogP contribution in [0.5, 0.6) is 5.75 Å². The highest BCUT2D eigenvalue weighted by Crippen LogP contribution is 2.42. The third-order valence-electron chi connectivity index (χ3n) is 4.01. The van der Waals surface area contributed by atoms with Crippen LogP contribution in [0.4, 0.5) is 0 Å². The van der Waals surface area contributed by atoms with Crippen LogP contribution in [0.2, 0.25) is 0 Å². The van der Waals surface area contributed by atoms with E-state index in [0.717, 1.165) is 18.6 Å². The van der Waals surface area contributed by atoms with Gasteiger partial charge in [0.15, 0.2) is 0 Å². The van der Waals surface area contributed by atoms with Crippen LogP contribution in [0.1, 0.15) is 23.1 Å².